The molecule has 2 amide bonds. The van der Waals surface area contributed by atoms with E-state index >= 15 is 0 Å². The van der Waals surface area contributed by atoms with Crippen molar-refractivity contribution < 1.29 is 18.7 Å². The molecule has 4 rings (SSSR count). The standard InChI is InChI=1S/C25H27FN4O3/c1-16-14-29(15-27-16)21-11-8-19(13-23(21)33-3)25(32)30-12-4-5-22(30)24(31)28-17(2)18-6-9-20(26)10-7-18/h6-11,13-15,17,22H,4-5,12H2,1-3H3,(H,28,31)/t17-,22?/m0/s1. The second-order valence-electron chi connectivity index (χ2n) is 8.25. The number of imidazole rings is 1. The number of aromatic nitrogens is 2. The maximum atomic E-state index is 13.3. The lowest BCUT2D eigenvalue weighted by Crippen LogP contribution is -2.46. The van der Waals surface area contributed by atoms with Gasteiger partial charge in [-0.3, -0.25) is 9.59 Å². The molecule has 33 heavy (non-hydrogen) atoms. The Bertz CT molecular complexity index is 1160. The molecule has 0 radical (unpaired) electrons. The number of aryl methyl sites for hydroxylation is 1. The van der Waals surface area contributed by atoms with Crippen molar-refractivity contribution in [1.29, 1.82) is 0 Å². The number of ether oxygens (including phenoxy) is 1. The number of benzene rings is 2. The second-order valence-corrected chi connectivity index (χ2v) is 8.25. The zero-order chi connectivity index (χ0) is 23.5. The molecule has 1 aliphatic rings. The molecule has 2 aromatic carbocycles. The molecule has 1 fully saturated rings. The number of nitrogens with one attached hydrogen (secondary N) is 1. The predicted molar refractivity (Wildman–Crippen MR) is 122 cm³/mol. The molecule has 0 aliphatic carbocycles. The molecule has 172 valence electrons. The SMILES string of the molecule is COc1cc(C(=O)N2CCCC2C(=O)N[C@@H](C)c2ccc(F)cc2)ccc1-n1cnc(C)c1. The summed E-state index contributed by atoms with van der Waals surface area (Å²) in [5, 5.41) is 2.96. The van der Waals surface area contributed by atoms with E-state index in [2.05, 4.69) is 10.3 Å². The normalized spacial score (nSPS) is 16.5. The lowest BCUT2D eigenvalue weighted by Gasteiger charge is -2.26. The highest BCUT2D eigenvalue weighted by Gasteiger charge is 2.35. The number of carbonyl (C=O) groups excluding carboxylic acids is 2. The minimum atomic E-state index is -0.553. The fraction of sp³-hybridized carbons (Fsp3) is 0.320. The maximum Gasteiger partial charge on any atom is 0.254 e. The van der Waals surface area contributed by atoms with Crippen LogP contribution >= 0.6 is 0 Å². The van der Waals surface area contributed by atoms with Crippen LogP contribution in [0.1, 0.15) is 47.4 Å². The Morgan fingerprint density at radius 2 is 1.97 bits per heavy atom. The van der Waals surface area contributed by atoms with Gasteiger partial charge in [-0.2, -0.15) is 0 Å². The largest absolute Gasteiger partial charge is 0.495 e. The zero-order valence-corrected chi connectivity index (χ0v) is 18.9. The van der Waals surface area contributed by atoms with Gasteiger partial charge in [0.15, 0.2) is 0 Å². The highest BCUT2D eigenvalue weighted by atomic mass is 19.1. The quantitative estimate of drug-likeness (QED) is 0.620. The summed E-state index contributed by atoms with van der Waals surface area (Å²) in [6.45, 7) is 4.25. The van der Waals surface area contributed by atoms with Crippen LogP contribution in [0, 0.1) is 12.7 Å². The van der Waals surface area contributed by atoms with Gasteiger partial charge in [-0.15, -0.1) is 0 Å². The van der Waals surface area contributed by atoms with E-state index in [-0.39, 0.29) is 23.7 Å². The number of hydrogen-bond acceptors (Lipinski definition) is 4. The van der Waals surface area contributed by atoms with E-state index in [1.54, 1.807) is 42.6 Å². The fourth-order valence-corrected chi connectivity index (χ4v) is 4.17. The Morgan fingerprint density at radius 1 is 1.21 bits per heavy atom. The van der Waals surface area contributed by atoms with Gasteiger partial charge in [-0.05, 0) is 62.6 Å². The number of rotatable bonds is 6. The van der Waals surface area contributed by atoms with E-state index < -0.39 is 6.04 Å². The first kappa shape index (κ1) is 22.5. The predicted octanol–water partition coefficient (Wildman–Crippen LogP) is 3.81. The molecule has 3 aromatic rings. The van der Waals surface area contributed by atoms with Crippen LogP contribution in [0.4, 0.5) is 4.39 Å². The van der Waals surface area contributed by atoms with Crippen LogP contribution < -0.4 is 10.1 Å². The molecule has 0 bridgehead atoms. The minimum absolute atomic E-state index is 0.213. The molecule has 1 unspecified atom stereocenters. The fourth-order valence-electron chi connectivity index (χ4n) is 4.17. The van der Waals surface area contributed by atoms with Gasteiger partial charge in [0.25, 0.3) is 5.91 Å². The number of likely N-dealkylation sites (tertiary alicyclic amines) is 1. The van der Waals surface area contributed by atoms with Gasteiger partial charge in [0, 0.05) is 18.3 Å². The third-order valence-electron chi connectivity index (χ3n) is 5.96. The molecule has 0 spiro atoms. The average Bonchev–Trinajstić information content (AvgIpc) is 3.48. The van der Waals surface area contributed by atoms with Gasteiger partial charge in [-0.25, -0.2) is 9.37 Å². The molecule has 1 aliphatic heterocycles. The monoisotopic (exact) mass is 450 g/mol. The molecule has 2 heterocycles. The Hall–Kier alpha value is -3.68. The summed E-state index contributed by atoms with van der Waals surface area (Å²) >= 11 is 0. The van der Waals surface area contributed by atoms with Crippen LogP contribution in [-0.2, 0) is 4.79 Å². The molecule has 0 saturated carbocycles. The van der Waals surface area contributed by atoms with E-state index in [9.17, 15) is 14.0 Å². The third kappa shape index (κ3) is 4.74. The number of nitrogens with zero attached hydrogens (tertiary/aromatic N) is 3. The van der Waals surface area contributed by atoms with Crippen molar-refractivity contribution in [2.75, 3.05) is 13.7 Å². The Labute approximate surface area is 192 Å². The highest BCUT2D eigenvalue weighted by Crippen LogP contribution is 2.27. The molecule has 1 saturated heterocycles. The number of hydrogen-bond donors (Lipinski definition) is 1. The summed E-state index contributed by atoms with van der Waals surface area (Å²) in [6.07, 6.45) is 4.91. The molecular weight excluding hydrogens is 423 g/mol. The lowest BCUT2D eigenvalue weighted by molar-refractivity contribution is -0.125. The number of carbonyl (C=O) groups is 2. The molecule has 7 nitrogen and oxygen atoms in total. The van der Waals surface area contributed by atoms with Gasteiger partial charge in [-0.1, -0.05) is 12.1 Å². The number of methoxy groups -OCH3 is 1. The van der Waals surface area contributed by atoms with Crippen molar-refractivity contribution >= 4 is 11.8 Å². The first-order valence-electron chi connectivity index (χ1n) is 10.9. The van der Waals surface area contributed by atoms with E-state index in [4.69, 9.17) is 4.74 Å². The van der Waals surface area contributed by atoms with Gasteiger partial charge in [0.05, 0.1) is 30.9 Å². The highest BCUT2D eigenvalue weighted by molar-refractivity contribution is 5.98. The van der Waals surface area contributed by atoms with Crippen LogP contribution in [0.3, 0.4) is 0 Å². The first-order chi connectivity index (χ1) is 15.9. The van der Waals surface area contributed by atoms with E-state index in [0.717, 1.165) is 23.4 Å². The summed E-state index contributed by atoms with van der Waals surface area (Å²) < 4.78 is 20.6. The Kier molecular flexibility index (Phi) is 6.44. The van der Waals surface area contributed by atoms with Gasteiger partial charge >= 0.3 is 0 Å². The summed E-state index contributed by atoms with van der Waals surface area (Å²) in [5.41, 5.74) is 2.91. The van der Waals surface area contributed by atoms with Gasteiger partial charge in [0.2, 0.25) is 5.91 Å². The Balaban J connectivity index is 1.50. The van der Waals surface area contributed by atoms with Crippen LogP contribution in [0.2, 0.25) is 0 Å². The van der Waals surface area contributed by atoms with E-state index in [1.165, 1.54) is 12.1 Å². The molecular formula is C25H27FN4O3. The number of amides is 2. The zero-order valence-electron chi connectivity index (χ0n) is 18.9. The van der Waals surface area contributed by atoms with Crippen molar-refractivity contribution in [2.45, 2.75) is 38.8 Å². The van der Waals surface area contributed by atoms with Crippen LogP contribution in [0.15, 0.2) is 55.0 Å². The van der Waals surface area contributed by atoms with Crippen LogP contribution in [0.25, 0.3) is 5.69 Å². The average molecular weight is 451 g/mol. The van der Waals surface area contributed by atoms with Crippen molar-refractivity contribution in [3.8, 4) is 11.4 Å². The van der Waals surface area contributed by atoms with Crippen molar-refractivity contribution in [3.05, 3.63) is 77.6 Å². The van der Waals surface area contributed by atoms with E-state index in [1.807, 2.05) is 30.7 Å². The molecule has 1 aromatic heterocycles. The summed E-state index contributed by atoms with van der Waals surface area (Å²) in [6, 6.07) is 10.4. The van der Waals surface area contributed by atoms with Gasteiger partial charge in [0.1, 0.15) is 17.6 Å². The second kappa shape index (κ2) is 9.44. The third-order valence-corrected chi connectivity index (χ3v) is 5.96. The van der Waals surface area contributed by atoms with Crippen molar-refractivity contribution in [1.82, 2.24) is 19.8 Å². The maximum absolute atomic E-state index is 13.3. The summed E-state index contributed by atoms with van der Waals surface area (Å²) in [7, 11) is 1.56. The van der Waals surface area contributed by atoms with Gasteiger partial charge < -0.3 is 19.5 Å². The molecule has 8 heteroatoms. The smallest absolute Gasteiger partial charge is 0.254 e. The molecule has 1 N–H and O–H groups in total. The van der Waals surface area contributed by atoms with E-state index in [0.29, 0.717) is 24.3 Å². The lowest BCUT2D eigenvalue weighted by atomic mass is 10.1. The first-order valence-corrected chi connectivity index (χ1v) is 10.9. The molecule has 2 atom stereocenters. The van der Waals surface area contributed by atoms with Crippen LogP contribution in [0.5, 0.6) is 5.75 Å². The van der Waals surface area contributed by atoms with Crippen molar-refractivity contribution in [2.24, 2.45) is 0 Å². The van der Waals surface area contributed by atoms with Crippen molar-refractivity contribution in [3.63, 3.8) is 0 Å². The minimum Gasteiger partial charge on any atom is -0.495 e. The summed E-state index contributed by atoms with van der Waals surface area (Å²) in [4.78, 5) is 32.1. The summed E-state index contributed by atoms with van der Waals surface area (Å²) in [5.74, 6) is -0.207. The topological polar surface area (TPSA) is 76.5 Å². The van der Waals surface area contributed by atoms with Crippen LogP contribution in [-0.4, -0.2) is 46.0 Å². The number of halogens is 1. The Morgan fingerprint density at radius 3 is 2.64 bits per heavy atom.